The van der Waals surface area contributed by atoms with Crippen LogP contribution in [0, 0.1) is 0 Å². The van der Waals surface area contributed by atoms with Crippen LogP contribution in [-0.4, -0.2) is 15.0 Å². The zero-order valence-corrected chi connectivity index (χ0v) is 27.6. The van der Waals surface area contributed by atoms with Crippen molar-refractivity contribution in [1.29, 1.82) is 0 Å². The Morgan fingerprint density at radius 1 is 0.360 bits per heavy atom. The van der Waals surface area contributed by atoms with Crippen molar-refractivity contribution in [3.63, 3.8) is 0 Å². The van der Waals surface area contributed by atoms with E-state index in [2.05, 4.69) is 140 Å². The van der Waals surface area contributed by atoms with Crippen LogP contribution in [0.5, 0.6) is 0 Å². The molecule has 50 heavy (non-hydrogen) atoms. The molecule has 0 radical (unpaired) electrons. The fourth-order valence-electron chi connectivity index (χ4n) is 6.87. The average molecular weight is 658 g/mol. The summed E-state index contributed by atoms with van der Waals surface area (Å²) in [6.07, 6.45) is 0. The maximum absolute atomic E-state index is 6.30. The van der Waals surface area contributed by atoms with Gasteiger partial charge in [-0.15, -0.1) is 11.3 Å². The number of hydrogen-bond donors (Lipinski definition) is 0. The molecule has 0 amide bonds. The maximum Gasteiger partial charge on any atom is 0.165 e. The molecule has 5 heteroatoms. The highest BCUT2D eigenvalue weighted by molar-refractivity contribution is 7.26. The third-order valence-corrected chi connectivity index (χ3v) is 10.6. The van der Waals surface area contributed by atoms with Gasteiger partial charge in [-0.2, -0.15) is 0 Å². The fourth-order valence-corrected chi connectivity index (χ4v) is 8.08. The Kier molecular flexibility index (Phi) is 6.64. The Morgan fingerprint density at radius 2 is 0.880 bits per heavy atom. The van der Waals surface area contributed by atoms with Crippen molar-refractivity contribution in [2.45, 2.75) is 0 Å². The van der Waals surface area contributed by atoms with Crippen molar-refractivity contribution >= 4 is 53.4 Å². The van der Waals surface area contributed by atoms with Crippen LogP contribution in [0.15, 0.2) is 168 Å². The lowest BCUT2D eigenvalue weighted by atomic mass is 10.0. The molecule has 0 aliphatic carbocycles. The Bertz CT molecular complexity index is 2870. The summed E-state index contributed by atoms with van der Waals surface area (Å²) in [6, 6.07) is 56.8. The first-order valence-corrected chi connectivity index (χ1v) is 17.4. The predicted octanol–water partition coefficient (Wildman–Crippen LogP) is 12.5. The molecule has 0 fully saturated rings. The van der Waals surface area contributed by atoms with E-state index >= 15 is 0 Å². The molecular formula is C45H27N3OS. The predicted molar refractivity (Wildman–Crippen MR) is 207 cm³/mol. The van der Waals surface area contributed by atoms with Crippen LogP contribution < -0.4 is 0 Å². The number of hydrogen-bond acceptors (Lipinski definition) is 5. The number of nitrogens with zero attached hydrogens (tertiary/aromatic N) is 3. The Hall–Kier alpha value is -6.43. The van der Waals surface area contributed by atoms with Crippen molar-refractivity contribution in [1.82, 2.24) is 15.0 Å². The largest absolute Gasteiger partial charge is 0.456 e. The molecular weight excluding hydrogens is 631 g/mol. The van der Waals surface area contributed by atoms with E-state index in [0.29, 0.717) is 17.5 Å². The number of benzene rings is 7. The maximum atomic E-state index is 6.30. The second-order valence-electron chi connectivity index (χ2n) is 12.4. The van der Waals surface area contributed by atoms with Gasteiger partial charge < -0.3 is 4.42 Å². The smallest absolute Gasteiger partial charge is 0.165 e. The van der Waals surface area contributed by atoms with E-state index in [1.807, 2.05) is 24.3 Å². The molecule has 10 rings (SSSR count). The van der Waals surface area contributed by atoms with Crippen LogP contribution in [0.1, 0.15) is 0 Å². The summed E-state index contributed by atoms with van der Waals surface area (Å²) in [7, 11) is 0. The van der Waals surface area contributed by atoms with Gasteiger partial charge in [0, 0.05) is 47.6 Å². The molecule has 4 nitrogen and oxygen atoms in total. The number of aromatic nitrogens is 3. The van der Waals surface area contributed by atoms with E-state index in [9.17, 15) is 0 Å². The standard InChI is InChI=1S/C45H27N3OS/c1-3-11-28(12-4-1)30-15-9-16-32(25-30)43-46-44(48-45(47-43)36-19-10-18-35-34-17-7-8-20-41(34)50-42(35)36)33-22-24-40-38(27-33)37-26-31(21-23-39(37)49-40)29-13-5-2-6-14-29/h1-27H. The third-order valence-electron chi connectivity index (χ3n) is 9.34. The van der Waals surface area contributed by atoms with Crippen LogP contribution in [0.2, 0.25) is 0 Å². The second kappa shape index (κ2) is 11.6. The minimum absolute atomic E-state index is 0.615. The van der Waals surface area contributed by atoms with Gasteiger partial charge in [0.25, 0.3) is 0 Å². The lowest BCUT2D eigenvalue weighted by molar-refractivity contribution is 0.669. The topological polar surface area (TPSA) is 51.8 Å². The Morgan fingerprint density at radius 3 is 1.62 bits per heavy atom. The summed E-state index contributed by atoms with van der Waals surface area (Å²) < 4.78 is 8.71. The first kappa shape index (κ1) is 28.6. The van der Waals surface area contributed by atoms with E-state index in [0.717, 1.165) is 55.3 Å². The van der Waals surface area contributed by atoms with Crippen LogP contribution in [0.25, 0.3) is 98.5 Å². The molecule has 0 saturated heterocycles. The van der Waals surface area contributed by atoms with E-state index in [-0.39, 0.29) is 0 Å². The van der Waals surface area contributed by atoms with Gasteiger partial charge in [-0.3, -0.25) is 0 Å². The summed E-state index contributed by atoms with van der Waals surface area (Å²) >= 11 is 1.78. The molecule has 0 saturated carbocycles. The van der Waals surface area contributed by atoms with E-state index in [1.54, 1.807) is 11.3 Å². The van der Waals surface area contributed by atoms with Gasteiger partial charge in [0.1, 0.15) is 11.2 Å². The minimum atomic E-state index is 0.615. The first-order chi connectivity index (χ1) is 24.7. The van der Waals surface area contributed by atoms with Crippen LogP contribution in [0.4, 0.5) is 0 Å². The van der Waals surface area contributed by atoms with Gasteiger partial charge in [-0.1, -0.05) is 115 Å². The first-order valence-electron chi connectivity index (χ1n) is 16.6. The molecule has 0 bridgehead atoms. The zero-order chi connectivity index (χ0) is 33.0. The quantitative estimate of drug-likeness (QED) is 0.185. The van der Waals surface area contributed by atoms with Crippen molar-refractivity contribution in [2.75, 3.05) is 0 Å². The number of thiophene rings is 1. The molecule has 0 spiro atoms. The van der Waals surface area contributed by atoms with Crippen molar-refractivity contribution in [2.24, 2.45) is 0 Å². The molecule has 0 unspecified atom stereocenters. The van der Waals surface area contributed by atoms with Gasteiger partial charge in [-0.25, -0.2) is 15.0 Å². The molecule has 7 aromatic carbocycles. The fraction of sp³-hybridized carbons (Fsp3) is 0. The van der Waals surface area contributed by atoms with Crippen molar-refractivity contribution in [3.8, 4) is 56.4 Å². The summed E-state index contributed by atoms with van der Waals surface area (Å²) in [5.41, 5.74) is 9.07. The summed E-state index contributed by atoms with van der Waals surface area (Å²) in [5.74, 6) is 1.89. The minimum Gasteiger partial charge on any atom is -0.456 e. The SMILES string of the molecule is c1ccc(-c2cccc(-c3nc(-c4ccc5oc6ccc(-c7ccccc7)cc6c5c4)nc(-c4cccc5c4sc4ccccc45)n3)c2)cc1. The number of furan rings is 1. The highest BCUT2D eigenvalue weighted by Gasteiger charge is 2.18. The molecule has 3 heterocycles. The zero-order valence-electron chi connectivity index (χ0n) is 26.7. The summed E-state index contributed by atoms with van der Waals surface area (Å²) in [6.45, 7) is 0. The number of rotatable bonds is 5. The van der Waals surface area contributed by atoms with E-state index in [4.69, 9.17) is 19.4 Å². The second-order valence-corrected chi connectivity index (χ2v) is 13.5. The van der Waals surface area contributed by atoms with E-state index in [1.165, 1.54) is 25.7 Å². The van der Waals surface area contributed by atoms with Gasteiger partial charge in [0.05, 0.1) is 0 Å². The van der Waals surface area contributed by atoms with Crippen molar-refractivity contribution < 1.29 is 4.42 Å². The van der Waals surface area contributed by atoms with Gasteiger partial charge in [-0.05, 0) is 70.8 Å². The van der Waals surface area contributed by atoms with Crippen LogP contribution in [-0.2, 0) is 0 Å². The Labute approximate surface area is 292 Å². The summed E-state index contributed by atoms with van der Waals surface area (Å²) in [4.78, 5) is 15.5. The van der Waals surface area contributed by atoms with Gasteiger partial charge in [0.15, 0.2) is 17.5 Å². The Balaban J connectivity index is 1.18. The molecule has 10 aromatic rings. The van der Waals surface area contributed by atoms with Gasteiger partial charge in [0.2, 0.25) is 0 Å². The molecule has 234 valence electrons. The van der Waals surface area contributed by atoms with Gasteiger partial charge >= 0.3 is 0 Å². The molecule has 0 aliphatic rings. The molecule has 0 aliphatic heterocycles. The monoisotopic (exact) mass is 657 g/mol. The normalized spacial score (nSPS) is 11.6. The molecule has 3 aromatic heterocycles. The van der Waals surface area contributed by atoms with Crippen molar-refractivity contribution in [3.05, 3.63) is 164 Å². The highest BCUT2D eigenvalue weighted by Crippen LogP contribution is 2.40. The lowest BCUT2D eigenvalue weighted by Crippen LogP contribution is -2.00. The van der Waals surface area contributed by atoms with E-state index < -0.39 is 0 Å². The average Bonchev–Trinajstić information content (AvgIpc) is 3.76. The summed E-state index contributed by atoms with van der Waals surface area (Å²) in [5, 5.41) is 4.53. The highest BCUT2D eigenvalue weighted by atomic mass is 32.1. The lowest BCUT2D eigenvalue weighted by Gasteiger charge is -2.10. The molecule has 0 atom stereocenters. The molecule has 0 N–H and O–H groups in total. The number of fused-ring (bicyclic) bond motifs is 6. The van der Waals surface area contributed by atoms with Crippen LogP contribution >= 0.6 is 11.3 Å². The third kappa shape index (κ3) is 4.87. The van der Waals surface area contributed by atoms with Crippen LogP contribution in [0.3, 0.4) is 0 Å².